The molecule has 3 aromatic rings. The monoisotopic (exact) mass is 451 g/mol. The molecule has 2 heterocycles. The highest BCUT2D eigenvalue weighted by atomic mass is 32.1. The van der Waals surface area contributed by atoms with Crippen LogP contribution in [0.15, 0.2) is 60.7 Å². The van der Waals surface area contributed by atoms with E-state index < -0.39 is 6.04 Å². The first kappa shape index (κ1) is 21.9. The number of rotatable bonds is 7. The second-order valence-corrected chi connectivity index (χ2v) is 8.51. The van der Waals surface area contributed by atoms with Crippen LogP contribution in [-0.2, 0) is 22.4 Å². The van der Waals surface area contributed by atoms with Gasteiger partial charge in [-0.25, -0.2) is 4.79 Å². The van der Waals surface area contributed by atoms with Gasteiger partial charge in [-0.05, 0) is 11.1 Å². The minimum atomic E-state index is -0.741. The van der Waals surface area contributed by atoms with E-state index in [9.17, 15) is 9.59 Å². The number of nitrogens with one attached hydrogen (secondary N) is 2. The maximum Gasteiger partial charge on any atom is 0.318 e. The van der Waals surface area contributed by atoms with Crippen LogP contribution in [0.1, 0.15) is 16.1 Å². The molecular weight excluding hydrogens is 426 g/mol. The first-order valence-electron chi connectivity index (χ1n) is 10.5. The Morgan fingerprint density at radius 2 is 1.62 bits per heavy atom. The number of benzene rings is 2. The van der Waals surface area contributed by atoms with Gasteiger partial charge in [0.1, 0.15) is 11.0 Å². The van der Waals surface area contributed by atoms with Gasteiger partial charge in [-0.3, -0.25) is 10.1 Å². The highest BCUT2D eigenvalue weighted by Gasteiger charge is 2.26. The van der Waals surface area contributed by atoms with Crippen LogP contribution < -0.4 is 10.6 Å². The Labute approximate surface area is 190 Å². The lowest BCUT2D eigenvalue weighted by atomic mass is 10.1. The Morgan fingerprint density at radius 1 is 0.969 bits per heavy atom. The zero-order valence-electron chi connectivity index (χ0n) is 17.6. The molecule has 8 nitrogen and oxygen atoms in total. The van der Waals surface area contributed by atoms with E-state index in [-0.39, 0.29) is 11.9 Å². The molecule has 9 heteroatoms. The van der Waals surface area contributed by atoms with Crippen molar-refractivity contribution in [3.8, 4) is 0 Å². The fourth-order valence-electron chi connectivity index (χ4n) is 3.40. The van der Waals surface area contributed by atoms with E-state index in [4.69, 9.17) is 4.74 Å². The number of nitrogens with zero attached hydrogens (tertiary/aromatic N) is 3. The zero-order chi connectivity index (χ0) is 22.2. The first-order chi connectivity index (χ1) is 15.7. The molecule has 3 amide bonds. The third-order valence-electron chi connectivity index (χ3n) is 5.09. The topological polar surface area (TPSA) is 96.4 Å². The summed E-state index contributed by atoms with van der Waals surface area (Å²) in [6, 6.07) is 18.6. The van der Waals surface area contributed by atoms with Gasteiger partial charge in [-0.2, -0.15) is 0 Å². The average Bonchev–Trinajstić information content (AvgIpc) is 3.27. The lowest BCUT2D eigenvalue weighted by Gasteiger charge is -2.29. The third kappa shape index (κ3) is 6.12. The van der Waals surface area contributed by atoms with Crippen molar-refractivity contribution >= 4 is 28.4 Å². The summed E-state index contributed by atoms with van der Waals surface area (Å²) < 4.78 is 5.31. The van der Waals surface area contributed by atoms with E-state index in [2.05, 4.69) is 20.8 Å². The SMILES string of the molecule is O=C(Nc1nnc(Cc2ccccc2)s1)[C@H](Cc1ccccc1)NC(=O)N1CCOCC1. The normalized spacial score (nSPS) is 14.6. The van der Waals surface area contributed by atoms with Crippen molar-refractivity contribution in [2.45, 2.75) is 18.9 Å². The molecule has 4 rings (SSSR count). The van der Waals surface area contributed by atoms with Crippen molar-refractivity contribution in [3.63, 3.8) is 0 Å². The van der Waals surface area contributed by atoms with Crippen molar-refractivity contribution in [3.05, 3.63) is 76.8 Å². The van der Waals surface area contributed by atoms with Gasteiger partial charge in [0.05, 0.1) is 13.2 Å². The van der Waals surface area contributed by atoms with Gasteiger partial charge in [0.25, 0.3) is 0 Å². The number of hydrogen-bond acceptors (Lipinski definition) is 6. The number of ether oxygens (including phenoxy) is 1. The molecule has 0 bridgehead atoms. The van der Waals surface area contributed by atoms with E-state index >= 15 is 0 Å². The molecule has 1 aromatic heterocycles. The lowest BCUT2D eigenvalue weighted by molar-refractivity contribution is -0.118. The largest absolute Gasteiger partial charge is 0.378 e. The molecule has 1 saturated heterocycles. The summed E-state index contributed by atoms with van der Waals surface area (Å²) >= 11 is 1.33. The summed E-state index contributed by atoms with van der Waals surface area (Å²) in [4.78, 5) is 27.5. The number of anilines is 1. The Bertz CT molecular complexity index is 1020. The van der Waals surface area contributed by atoms with E-state index in [0.717, 1.165) is 16.1 Å². The Morgan fingerprint density at radius 3 is 2.31 bits per heavy atom. The van der Waals surface area contributed by atoms with Crippen LogP contribution in [-0.4, -0.2) is 59.4 Å². The predicted octanol–water partition coefficient (Wildman–Crippen LogP) is 2.72. The van der Waals surface area contributed by atoms with Gasteiger partial charge < -0.3 is 15.0 Å². The number of amides is 3. The van der Waals surface area contributed by atoms with Gasteiger partial charge >= 0.3 is 6.03 Å². The molecule has 1 aliphatic heterocycles. The fourth-order valence-corrected chi connectivity index (χ4v) is 4.18. The number of carbonyl (C=O) groups excluding carboxylic acids is 2. The number of morpholine rings is 1. The number of hydrogen-bond donors (Lipinski definition) is 2. The minimum absolute atomic E-state index is 0.272. The summed E-state index contributed by atoms with van der Waals surface area (Å²) in [5.74, 6) is -0.321. The number of urea groups is 1. The highest BCUT2D eigenvalue weighted by Crippen LogP contribution is 2.19. The Balaban J connectivity index is 1.42. The van der Waals surface area contributed by atoms with Crippen LogP contribution in [0.5, 0.6) is 0 Å². The molecule has 0 radical (unpaired) electrons. The summed E-state index contributed by atoms with van der Waals surface area (Å²) in [5, 5.41) is 15.2. The molecule has 1 fully saturated rings. The molecule has 0 unspecified atom stereocenters. The van der Waals surface area contributed by atoms with Crippen LogP contribution in [0.25, 0.3) is 0 Å². The highest BCUT2D eigenvalue weighted by molar-refractivity contribution is 7.15. The van der Waals surface area contributed by atoms with E-state index in [0.29, 0.717) is 44.3 Å². The van der Waals surface area contributed by atoms with Crippen LogP contribution in [0.2, 0.25) is 0 Å². The smallest absolute Gasteiger partial charge is 0.318 e. The summed E-state index contributed by atoms with van der Waals surface area (Å²) in [6.07, 6.45) is 1.02. The minimum Gasteiger partial charge on any atom is -0.378 e. The van der Waals surface area contributed by atoms with Gasteiger partial charge in [-0.1, -0.05) is 72.0 Å². The summed E-state index contributed by atoms with van der Waals surface area (Å²) in [5.41, 5.74) is 2.08. The van der Waals surface area contributed by atoms with Gasteiger partial charge in [-0.15, -0.1) is 10.2 Å². The summed E-state index contributed by atoms with van der Waals surface area (Å²) in [6.45, 7) is 2.01. The molecule has 0 saturated carbocycles. The quantitative estimate of drug-likeness (QED) is 0.576. The first-order valence-corrected chi connectivity index (χ1v) is 11.3. The van der Waals surface area contributed by atoms with Crippen LogP contribution in [0.3, 0.4) is 0 Å². The van der Waals surface area contributed by atoms with Gasteiger partial charge in [0.15, 0.2) is 0 Å². The fraction of sp³-hybridized carbons (Fsp3) is 0.304. The average molecular weight is 452 g/mol. The standard InChI is InChI=1S/C23H25N5O3S/c29-21(25-22-27-26-20(32-22)16-18-9-5-2-6-10-18)19(15-17-7-3-1-4-8-17)24-23(30)28-11-13-31-14-12-28/h1-10,19H,11-16H2,(H,24,30)(H,25,27,29)/t19-/m0/s1. The van der Waals surface area contributed by atoms with E-state index in [1.165, 1.54) is 11.3 Å². The lowest BCUT2D eigenvalue weighted by Crippen LogP contribution is -2.53. The third-order valence-corrected chi connectivity index (χ3v) is 5.93. The predicted molar refractivity (Wildman–Crippen MR) is 123 cm³/mol. The molecule has 1 atom stereocenters. The molecule has 166 valence electrons. The maximum atomic E-state index is 13.1. The second-order valence-electron chi connectivity index (χ2n) is 7.44. The molecule has 1 aliphatic rings. The molecule has 0 aliphatic carbocycles. The maximum absolute atomic E-state index is 13.1. The second kappa shape index (κ2) is 10.8. The van der Waals surface area contributed by atoms with Crippen molar-refractivity contribution < 1.29 is 14.3 Å². The van der Waals surface area contributed by atoms with Crippen molar-refractivity contribution in [1.82, 2.24) is 20.4 Å². The van der Waals surface area contributed by atoms with Crippen molar-refractivity contribution in [1.29, 1.82) is 0 Å². The number of aromatic nitrogens is 2. The molecule has 2 aromatic carbocycles. The molecular formula is C23H25N5O3S. The van der Waals surface area contributed by atoms with Crippen LogP contribution >= 0.6 is 11.3 Å². The molecule has 32 heavy (non-hydrogen) atoms. The zero-order valence-corrected chi connectivity index (χ0v) is 18.4. The molecule has 0 spiro atoms. The van der Waals surface area contributed by atoms with Crippen molar-refractivity contribution in [2.75, 3.05) is 31.6 Å². The van der Waals surface area contributed by atoms with Crippen LogP contribution in [0, 0.1) is 0 Å². The molecule has 2 N–H and O–H groups in total. The van der Waals surface area contributed by atoms with Crippen LogP contribution in [0.4, 0.5) is 9.93 Å². The van der Waals surface area contributed by atoms with E-state index in [1.807, 2.05) is 60.7 Å². The Hall–Kier alpha value is -3.30. The number of carbonyl (C=O) groups is 2. The van der Waals surface area contributed by atoms with Gasteiger partial charge in [0, 0.05) is 25.9 Å². The summed E-state index contributed by atoms with van der Waals surface area (Å²) in [7, 11) is 0. The van der Waals surface area contributed by atoms with E-state index in [1.54, 1.807) is 4.90 Å². The Kier molecular flexibility index (Phi) is 7.42. The van der Waals surface area contributed by atoms with Gasteiger partial charge in [0.2, 0.25) is 11.0 Å². The van der Waals surface area contributed by atoms with Crippen molar-refractivity contribution in [2.24, 2.45) is 0 Å².